The molecule has 0 fully saturated rings. The van der Waals surface area contributed by atoms with Crippen LogP contribution in [-0.4, -0.2) is 13.2 Å². The molecule has 0 aromatic heterocycles. The molecule has 3 atom stereocenters. The first-order valence-corrected chi connectivity index (χ1v) is 4.35. The third-order valence-electron chi connectivity index (χ3n) is 2.54. The first kappa shape index (κ1) is 8.79. The number of hydrogen-bond donors (Lipinski definition) is 0. The number of ether oxygens (including phenoxy) is 1. The summed E-state index contributed by atoms with van der Waals surface area (Å²) in [6.45, 7) is 6.70. The van der Waals surface area contributed by atoms with E-state index < -0.39 is 0 Å². The summed E-state index contributed by atoms with van der Waals surface area (Å²) >= 11 is 0. The van der Waals surface area contributed by atoms with Crippen molar-refractivity contribution in [1.29, 1.82) is 0 Å². The summed E-state index contributed by atoms with van der Waals surface area (Å²) in [4.78, 5) is 0. The molecular weight excluding hydrogens is 136 g/mol. The summed E-state index contributed by atoms with van der Waals surface area (Å²) in [5.41, 5.74) is 1.51. The van der Waals surface area contributed by atoms with E-state index in [1.807, 2.05) is 7.11 Å². The standard InChI is InChI=1S/C10H18O/c1-7-5-8(2)10(11-4)9(3)6-7/h5,8-10H,6H2,1-4H3. The van der Waals surface area contributed by atoms with Gasteiger partial charge >= 0.3 is 0 Å². The van der Waals surface area contributed by atoms with Gasteiger partial charge in [-0.1, -0.05) is 25.5 Å². The zero-order chi connectivity index (χ0) is 8.43. The minimum absolute atomic E-state index is 0.429. The van der Waals surface area contributed by atoms with E-state index in [1.165, 1.54) is 12.0 Å². The normalized spacial score (nSPS) is 38.5. The Morgan fingerprint density at radius 1 is 1.45 bits per heavy atom. The van der Waals surface area contributed by atoms with Gasteiger partial charge in [-0.15, -0.1) is 0 Å². The van der Waals surface area contributed by atoms with E-state index in [-0.39, 0.29) is 0 Å². The van der Waals surface area contributed by atoms with Crippen LogP contribution >= 0.6 is 0 Å². The molecule has 0 bridgehead atoms. The van der Waals surface area contributed by atoms with Crippen LogP contribution in [0, 0.1) is 11.8 Å². The summed E-state index contributed by atoms with van der Waals surface area (Å²) in [6.07, 6.45) is 3.95. The molecule has 1 heteroatoms. The zero-order valence-corrected chi connectivity index (χ0v) is 7.92. The van der Waals surface area contributed by atoms with Gasteiger partial charge in [0.2, 0.25) is 0 Å². The summed E-state index contributed by atoms with van der Waals surface area (Å²) < 4.78 is 5.42. The highest BCUT2D eigenvalue weighted by molar-refractivity contribution is 5.08. The second-order valence-corrected chi connectivity index (χ2v) is 3.75. The molecule has 1 aliphatic rings. The Kier molecular flexibility index (Phi) is 2.72. The van der Waals surface area contributed by atoms with Gasteiger partial charge in [0.15, 0.2) is 0 Å². The second-order valence-electron chi connectivity index (χ2n) is 3.75. The van der Waals surface area contributed by atoms with Crippen LogP contribution in [0.5, 0.6) is 0 Å². The van der Waals surface area contributed by atoms with Crippen LogP contribution in [-0.2, 0) is 4.74 Å². The third kappa shape index (κ3) is 1.84. The molecule has 0 saturated heterocycles. The van der Waals surface area contributed by atoms with Crippen LogP contribution in [0.4, 0.5) is 0 Å². The molecule has 0 amide bonds. The van der Waals surface area contributed by atoms with Gasteiger partial charge in [0.1, 0.15) is 0 Å². The lowest BCUT2D eigenvalue weighted by molar-refractivity contribution is 0.0260. The van der Waals surface area contributed by atoms with E-state index in [0.29, 0.717) is 17.9 Å². The molecule has 0 aromatic carbocycles. The summed E-state index contributed by atoms with van der Waals surface area (Å²) in [5, 5.41) is 0. The maximum Gasteiger partial charge on any atom is 0.0659 e. The maximum atomic E-state index is 5.42. The van der Waals surface area contributed by atoms with Gasteiger partial charge in [0.05, 0.1) is 6.10 Å². The molecule has 1 rings (SSSR count). The van der Waals surface area contributed by atoms with Crippen molar-refractivity contribution in [3.63, 3.8) is 0 Å². The fraction of sp³-hybridized carbons (Fsp3) is 0.800. The lowest BCUT2D eigenvalue weighted by atomic mass is 9.82. The molecule has 0 radical (unpaired) electrons. The molecule has 3 unspecified atom stereocenters. The van der Waals surface area contributed by atoms with Gasteiger partial charge in [-0.05, 0) is 19.3 Å². The molecule has 64 valence electrons. The average Bonchev–Trinajstić information content (AvgIpc) is 1.85. The van der Waals surface area contributed by atoms with Crippen molar-refractivity contribution < 1.29 is 4.74 Å². The highest BCUT2D eigenvalue weighted by Crippen LogP contribution is 2.29. The van der Waals surface area contributed by atoms with Gasteiger partial charge in [-0.3, -0.25) is 0 Å². The molecule has 0 spiro atoms. The highest BCUT2D eigenvalue weighted by atomic mass is 16.5. The van der Waals surface area contributed by atoms with E-state index in [2.05, 4.69) is 26.8 Å². The lowest BCUT2D eigenvalue weighted by Crippen LogP contribution is -2.30. The Labute approximate surface area is 69.4 Å². The predicted octanol–water partition coefficient (Wildman–Crippen LogP) is 2.62. The number of methoxy groups -OCH3 is 1. The van der Waals surface area contributed by atoms with Crippen LogP contribution in [0.3, 0.4) is 0 Å². The fourth-order valence-electron chi connectivity index (χ4n) is 2.20. The van der Waals surface area contributed by atoms with Crippen molar-refractivity contribution in [3.8, 4) is 0 Å². The maximum absolute atomic E-state index is 5.42. The average molecular weight is 154 g/mol. The minimum atomic E-state index is 0.429. The van der Waals surface area contributed by atoms with Gasteiger partial charge < -0.3 is 4.74 Å². The third-order valence-corrected chi connectivity index (χ3v) is 2.54. The van der Waals surface area contributed by atoms with Crippen molar-refractivity contribution in [2.75, 3.05) is 7.11 Å². The first-order valence-electron chi connectivity index (χ1n) is 4.35. The summed E-state index contributed by atoms with van der Waals surface area (Å²) in [6, 6.07) is 0. The van der Waals surface area contributed by atoms with Crippen LogP contribution in [0.2, 0.25) is 0 Å². The number of rotatable bonds is 1. The Balaban J connectivity index is 2.69. The molecular formula is C10H18O. The summed E-state index contributed by atoms with van der Waals surface area (Å²) in [7, 11) is 1.81. The van der Waals surface area contributed by atoms with Crippen molar-refractivity contribution in [2.24, 2.45) is 11.8 Å². The van der Waals surface area contributed by atoms with Gasteiger partial charge in [0.25, 0.3) is 0 Å². The molecule has 0 aliphatic heterocycles. The second kappa shape index (κ2) is 3.40. The minimum Gasteiger partial charge on any atom is -0.381 e. The molecule has 0 N–H and O–H groups in total. The van der Waals surface area contributed by atoms with E-state index >= 15 is 0 Å². The van der Waals surface area contributed by atoms with E-state index in [0.717, 1.165) is 0 Å². The van der Waals surface area contributed by atoms with E-state index in [9.17, 15) is 0 Å². The summed E-state index contributed by atoms with van der Waals surface area (Å²) in [5.74, 6) is 1.27. The van der Waals surface area contributed by atoms with E-state index in [4.69, 9.17) is 4.74 Å². The fourth-order valence-corrected chi connectivity index (χ4v) is 2.20. The van der Waals surface area contributed by atoms with Gasteiger partial charge in [-0.2, -0.15) is 0 Å². The Morgan fingerprint density at radius 2 is 2.09 bits per heavy atom. The van der Waals surface area contributed by atoms with Crippen LogP contribution in [0.25, 0.3) is 0 Å². The highest BCUT2D eigenvalue weighted by Gasteiger charge is 2.25. The first-order chi connectivity index (χ1) is 5.15. The van der Waals surface area contributed by atoms with Crippen LogP contribution < -0.4 is 0 Å². The topological polar surface area (TPSA) is 9.23 Å². The SMILES string of the molecule is COC1C(C)C=C(C)CC1C. The van der Waals surface area contributed by atoms with Crippen molar-refractivity contribution in [3.05, 3.63) is 11.6 Å². The predicted molar refractivity (Wildman–Crippen MR) is 47.5 cm³/mol. The van der Waals surface area contributed by atoms with Crippen molar-refractivity contribution in [2.45, 2.75) is 33.3 Å². The Hall–Kier alpha value is -0.300. The smallest absolute Gasteiger partial charge is 0.0659 e. The molecule has 0 saturated carbocycles. The molecule has 0 heterocycles. The zero-order valence-electron chi connectivity index (χ0n) is 7.92. The monoisotopic (exact) mass is 154 g/mol. The lowest BCUT2D eigenvalue weighted by Gasteiger charge is -2.31. The van der Waals surface area contributed by atoms with E-state index in [1.54, 1.807) is 0 Å². The van der Waals surface area contributed by atoms with Crippen LogP contribution in [0.15, 0.2) is 11.6 Å². The van der Waals surface area contributed by atoms with Crippen molar-refractivity contribution >= 4 is 0 Å². The number of hydrogen-bond acceptors (Lipinski definition) is 1. The molecule has 11 heavy (non-hydrogen) atoms. The van der Waals surface area contributed by atoms with Crippen LogP contribution in [0.1, 0.15) is 27.2 Å². The van der Waals surface area contributed by atoms with Gasteiger partial charge in [-0.25, -0.2) is 0 Å². The molecule has 1 aliphatic carbocycles. The van der Waals surface area contributed by atoms with Crippen molar-refractivity contribution in [1.82, 2.24) is 0 Å². The quantitative estimate of drug-likeness (QED) is 0.527. The molecule has 0 aromatic rings. The number of allylic oxidation sites excluding steroid dienone is 1. The van der Waals surface area contributed by atoms with Gasteiger partial charge in [0, 0.05) is 13.0 Å². The Morgan fingerprint density at radius 3 is 2.55 bits per heavy atom. The largest absolute Gasteiger partial charge is 0.381 e. The molecule has 1 nitrogen and oxygen atoms in total. The Bertz CT molecular complexity index is 160.